The van der Waals surface area contributed by atoms with Crippen molar-refractivity contribution >= 4 is 19.1 Å². The number of esters is 1. The van der Waals surface area contributed by atoms with Crippen molar-refractivity contribution < 1.29 is 28.5 Å². The number of nitrogens with zero attached hydrogens (tertiary/aromatic N) is 2. The molecule has 0 radical (unpaired) electrons. The molecule has 0 aromatic carbocycles. The van der Waals surface area contributed by atoms with Crippen molar-refractivity contribution in [1.82, 2.24) is 9.96 Å². The van der Waals surface area contributed by atoms with Crippen LogP contribution in [0, 0.1) is 0 Å². The predicted octanol–water partition coefficient (Wildman–Crippen LogP) is 1.32. The number of fused-ring (bicyclic) bond motifs is 2. The Hall–Kier alpha value is -1.84. The van der Waals surface area contributed by atoms with Crippen molar-refractivity contribution in [2.24, 2.45) is 0 Å². The molecule has 0 spiro atoms. The Morgan fingerprint density at radius 2 is 2.00 bits per heavy atom. The third-order valence-corrected chi connectivity index (χ3v) is 5.46. The van der Waals surface area contributed by atoms with Crippen molar-refractivity contribution in [3.05, 3.63) is 24.2 Å². The summed E-state index contributed by atoms with van der Waals surface area (Å²) in [5.74, 6) is -0.517. The average Bonchev–Trinajstić information content (AvgIpc) is 2.96. The highest BCUT2D eigenvalue weighted by atomic mass is 16.7. The molecule has 0 aromatic rings. The summed E-state index contributed by atoms with van der Waals surface area (Å²) >= 11 is 0. The van der Waals surface area contributed by atoms with Crippen LogP contribution >= 0.6 is 0 Å². The highest BCUT2D eigenvalue weighted by Crippen LogP contribution is 2.42. The second kappa shape index (κ2) is 6.40. The van der Waals surface area contributed by atoms with Gasteiger partial charge in [-0.2, -0.15) is 5.06 Å². The third-order valence-electron chi connectivity index (χ3n) is 5.46. The van der Waals surface area contributed by atoms with Gasteiger partial charge in [0.25, 0.3) is 0 Å². The van der Waals surface area contributed by atoms with Crippen LogP contribution in [-0.2, 0) is 23.7 Å². The highest BCUT2D eigenvalue weighted by Gasteiger charge is 2.58. The lowest BCUT2D eigenvalue weighted by Crippen LogP contribution is -2.46. The van der Waals surface area contributed by atoms with Gasteiger partial charge in [-0.15, -0.1) is 6.58 Å². The summed E-state index contributed by atoms with van der Waals surface area (Å²) in [6, 6.07) is -1.64. The number of methoxy groups -OCH3 is 1. The fourth-order valence-corrected chi connectivity index (χ4v) is 3.26. The summed E-state index contributed by atoms with van der Waals surface area (Å²) in [5.41, 5.74) is -0.386. The normalized spacial score (nSPS) is 29.0. The standard InChI is InChI=1S/C17H25BN2O6/c1-7-8-24-20-13-10-19(15(20)22)12(14(21)23-6)9-11(13)18-25-16(2,3)17(4,5)26-18/h7,9,12-13H,1,8,10H2,2-6H3/t12-,13-/m0/s1. The van der Waals surface area contributed by atoms with E-state index in [1.165, 1.54) is 17.1 Å². The van der Waals surface area contributed by atoms with E-state index in [9.17, 15) is 9.59 Å². The topological polar surface area (TPSA) is 77.5 Å². The van der Waals surface area contributed by atoms with Crippen LogP contribution < -0.4 is 0 Å². The van der Waals surface area contributed by atoms with Crippen molar-refractivity contribution in [3.63, 3.8) is 0 Å². The summed E-state index contributed by atoms with van der Waals surface area (Å²) in [6.45, 7) is 11.9. The predicted molar refractivity (Wildman–Crippen MR) is 93.8 cm³/mol. The Labute approximate surface area is 153 Å². The van der Waals surface area contributed by atoms with E-state index in [4.69, 9.17) is 18.9 Å². The molecule has 3 aliphatic heterocycles. The van der Waals surface area contributed by atoms with Gasteiger partial charge in [0.05, 0.1) is 37.5 Å². The Balaban J connectivity index is 1.96. The maximum Gasteiger partial charge on any atom is 0.492 e. The molecule has 0 N–H and O–H groups in total. The zero-order valence-electron chi connectivity index (χ0n) is 15.9. The van der Waals surface area contributed by atoms with Gasteiger partial charge in [0.15, 0.2) is 0 Å². The molecule has 2 bridgehead atoms. The van der Waals surface area contributed by atoms with Crippen LogP contribution in [0.5, 0.6) is 0 Å². The smallest absolute Gasteiger partial charge is 0.467 e. The number of carbonyl (C=O) groups excluding carboxylic acids is 2. The number of hydroxylamine groups is 2. The minimum absolute atomic E-state index is 0.176. The molecule has 0 aromatic heterocycles. The van der Waals surface area contributed by atoms with Gasteiger partial charge in [0, 0.05) is 0 Å². The molecule has 3 heterocycles. The highest BCUT2D eigenvalue weighted by molar-refractivity contribution is 6.55. The van der Waals surface area contributed by atoms with Crippen molar-refractivity contribution in [2.75, 3.05) is 20.3 Å². The zero-order valence-corrected chi connectivity index (χ0v) is 15.9. The van der Waals surface area contributed by atoms with Crippen LogP contribution in [-0.4, -0.2) is 72.6 Å². The van der Waals surface area contributed by atoms with Gasteiger partial charge in [-0.3, -0.25) is 4.84 Å². The Kier molecular flexibility index (Phi) is 4.66. The van der Waals surface area contributed by atoms with Gasteiger partial charge in [0.2, 0.25) is 0 Å². The van der Waals surface area contributed by atoms with Crippen LogP contribution in [0.15, 0.2) is 24.2 Å². The molecular weight excluding hydrogens is 339 g/mol. The molecule has 26 heavy (non-hydrogen) atoms. The molecule has 0 aliphatic carbocycles. The van der Waals surface area contributed by atoms with Crippen molar-refractivity contribution in [1.29, 1.82) is 0 Å². The molecule has 3 aliphatic rings. The van der Waals surface area contributed by atoms with Crippen LogP contribution in [0.1, 0.15) is 27.7 Å². The quantitative estimate of drug-likeness (QED) is 0.416. The summed E-state index contributed by atoms with van der Waals surface area (Å²) in [4.78, 5) is 31.9. The van der Waals surface area contributed by atoms with E-state index < -0.39 is 42.4 Å². The molecule has 0 unspecified atom stereocenters. The maximum atomic E-state index is 12.7. The third kappa shape index (κ3) is 2.84. The number of carbonyl (C=O) groups is 2. The molecule has 9 heteroatoms. The van der Waals surface area contributed by atoms with Crippen molar-refractivity contribution in [3.8, 4) is 0 Å². The number of ether oxygens (including phenoxy) is 1. The van der Waals surface area contributed by atoms with Crippen LogP contribution in [0.3, 0.4) is 0 Å². The Morgan fingerprint density at radius 1 is 1.38 bits per heavy atom. The number of hydrogen-bond acceptors (Lipinski definition) is 6. The van der Waals surface area contributed by atoms with Gasteiger partial charge in [-0.1, -0.05) is 12.2 Å². The minimum Gasteiger partial charge on any atom is -0.467 e. The molecule has 2 fully saturated rings. The van der Waals surface area contributed by atoms with Crippen LogP contribution in [0.4, 0.5) is 4.79 Å². The maximum absolute atomic E-state index is 12.7. The first-order valence-corrected chi connectivity index (χ1v) is 8.61. The number of amides is 2. The number of urea groups is 1. The molecule has 2 atom stereocenters. The van der Waals surface area contributed by atoms with Gasteiger partial charge in [-0.05, 0) is 33.2 Å². The zero-order chi connectivity index (χ0) is 19.3. The van der Waals surface area contributed by atoms with E-state index in [0.29, 0.717) is 12.0 Å². The van der Waals surface area contributed by atoms with Gasteiger partial charge in [0.1, 0.15) is 6.04 Å². The molecular formula is C17H25BN2O6. The summed E-state index contributed by atoms with van der Waals surface area (Å²) in [5, 5.41) is 1.27. The minimum atomic E-state index is -0.838. The van der Waals surface area contributed by atoms with E-state index in [1.807, 2.05) is 27.7 Å². The lowest BCUT2D eigenvalue weighted by molar-refractivity contribution is -0.144. The summed E-state index contributed by atoms with van der Waals surface area (Å²) in [6.07, 6.45) is 3.25. The number of rotatable bonds is 5. The molecule has 142 valence electrons. The number of hydrogen-bond donors (Lipinski definition) is 0. The molecule has 0 saturated carbocycles. The fourth-order valence-electron chi connectivity index (χ4n) is 3.26. The fraction of sp³-hybridized carbons (Fsp3) is 0.647. The molecule has 2 saturated heterocycles. The van der Waals surface area contributed by atoms with E-state index in [1.54, 1.807) is 12.2 Å². The average molecular weight is 364 g/mol. The summed E-state index contributed by atoms with van der Waals surface area (Å²) in [7, 11) is 0.614. The first-order chi connectivity index (χ1) is 12.1. The second-order valence-electron chi connectivity index (χ2n) is 7.58. The van der Waals surface area contributed by atoms with E-state index in [2.05, 4.69) is 6.58 Å². The lowest BCUT2D eigenvalue weighted by Gasteiger charge is -2.32. The molecule has 2 amide bonds. The second-order valence-corrected chi connectivity index (χ2v) is 7.58. The monoisotopic (exact) mass is 364 g/mol. The van der Waals surface area contributed by atoms with Gasteiger partial charge >= 0.3 is 19.1 Å². The van der Waals surface area contributed by atoms with E-state index >= 15 is 0 Å². The Bertz CT molecular complexity index is 646. The van der Waals surface area contributed by atoms with E-state index in [0.717, 1.165) is 0 Å². The Morgan fingerprint density at radius 3 is 2.54 bits per heavy atom. The first kappa shape index (κ1) is 18.9. The SMILES string of the molecule is C=CCON1C(=O)N2C[C@H]1C(B1OC(C)(C)C(C)(C)O1)=C[C@H]2C(=O)OC. The van der Waals surface area contributed by atoms with Gasteiger partial charge in [-0.25, -0.2) is 9.59 Å². The van der Waals surface area contributed by atoms with E-state index in [-0.39, 0.29) is 6.61 Å². The first-order valence-electron chi connectivity index (χ1n) is 8.61. The van der Waals surface area contributed by atoms with Crippen LogP contribution in [0.2, 0.25) is 0 Å². The summed E-state index contributed by atoms with van der Waals surface area (Å²) < 4.78 is 17.1. The van der Waals surface area contributed by atoms with Gasteiger partial charge < -0.3 is 18.9 Å². The largest absolute Gasteiger partial charge is 0.492 e. The molecule has 3 rings (SSSR count). The lowest BCUT2D eigenvalue weighted by atomic mass is 9.71. The van der Waals surface area contributed by atoms with Crippen molar-refractivity contribution in [2.45, 2.75) is 51.0 Å². The molecule has 8 nitrogen and oxygen atoms in total. The van der Waals surface area contributed by atoms with Crippen LogP contribution in [0.25, 0.3) is 0 Å².